The number of sulfone groups is 1. The average molecular weight is 299 g/mol. The molecule has 0 saturated carbocycles. The molecule has 1 aromatic rings. The summed E-state index contributed by atoms with van der Waals surface area (Å²) in [4.78, 5) is 0.341. The van der Waals surface area contributed by atoms with Crippen molar-refractivity contribution in [3.05, 3.63) is 24.3 Å². The van der Waals surface area contributed by atoms with Crippen molar-refractivity contribution in [2.24, 2.45) is 0 Å². The molecule has 2 rings (SSSR count). The van der Waals surface area contributed by atoms with Crippen LogP contribution in [0.5, 0.6) is 0 Å². The van der Waals surface area contributed by atoms with E-state index in [1.165, 1.54) is 0 Å². The highest BCUT2D eigenvalue weighted by atomic mass is 32.2. The molecule has 1 aliphatic rings. The van der Waals surface area contributed by atoms with E-state index >= 15 is 0 Å². The fourth-order valence-electron chi connectivity index (χ4n) is 2.17. The Bertz CT molecular complexity index is 533. The summed E-state index contributed by atoms with van der Waals surface area (Å²) in [5, 5.41) is 13.2. The summed E-state index contributed by atoms with van der Waals surface area (Å²) in [6.45, 7) is 3.15. The number of benzene rings is 1. The lowest BCUT2D eigenvalue weighted by atomic mass is 10.0. The monoisotopic (exact) mass is 299 g/mol. The van der Waals surface area contributed by atoms with E-state index in [0.717, 1.165) is 5.69 Å². The van der Waals surface area contributed by atoms with E-state index in [1.807, 2.05) is 6.92 Å². The van der Waals surface area contributed by atoms with Crippen LogP contribution in [-0.2, 0) is 14.6 Å². The van der Waals surface area contributed by atoms with Crippen LogP contribution in [0.15, 0.2) is 29.2 Å². The molecule has 1 unspecified atom stereocenters. The minimum Gasteiger partial charge on any atom is -0.386 e. The van der Waals surface area contributed by atoms with Crippen LogP contribution in [0, 0.1) is 0 Å². The number of hydrogen-bond acceptors (Lipinski definition) is 5. The van der Waals surface area contributed by atoms with Gasteiger partial charge in [-0.1, -0.05) is 6.92 Å². The molecule has 0 amide bonds. The summed E-state index contributed by atoms with van der Waals surface area (Å²) in [7, 11) is -3.17. The molecule has 1 atom stereocenters. The van der Waals surface area contributed by atoms with Gasteiger partial charge in [0.2, 0.25) is 0 Å². The second kappa shape index (κ2) is 6.11. The first-order valence-corrected chi connectivity index (χ1v) is 8.47. The molecule has 2 N–H and O–H groups in total. The summed E-state index contributed by atoms with van der Waals surface area (Å²) in [6.07, 6.45) is 1.22. The van der Waals surface area contributed by atoms with Crippen LogP contribution in [0.4, 0.5) is 5.69 Å². The molecule has 20 heavy (non-hydrogen) atoms. The average Bonchev–Trinajstić information content (AvgIpc) is 2.84. The second-order valence-corrected chi connectivity index (χ2v) is 7.33. The number of anilines is 1. The lowest BCUT2D eigenvalue weighted by molar-refractivity contribution is 0.0382. The molecule has 1 aromatic carbocycles. The van der Waals surface area contributed by atoms with Gasteiger partial charge in [0.15, 0.2) is 9.84 Å². The van der Waals surface area contributed by atoms with Crippen molar-refractivity contribution >= 4 is 15.5 Å². The van der Waals surface area contributed by atoms with Gasteiger partial charge in [0.05, 0.1) is 17.3 Å². The van der Waals surface area contributed by atoms with Crippen molar-refractivity contribution < 1.29 is 18.3 Å². The van der Waals surface area contributed by atoms with Crippen molar-refractivity contribution in [3.63, 3.8) is 0 Å². The zero-order valence-corrected chi connectivity index (χ0v) is 12.4. The van der Waals surface area contributed by atoms with E-state index in [0.29, 0.717) is 37.5 Å². The molecule has 1 heterocycles. The lowest BCUT2D eigenvalue weighted by Gasteiger charge is -2.21. The number of hydrogen-bond donors (Lipinski definition) is 2. The highest BCUT2D eigenvalue weighted by Crippen LogP contribution is 2.20. The van der Waals surface area contributed by atoms with Gasteiger partial charge in [-0.2, -0.15) is 0 Å². The maximum Gasteiger partial charge on any atom is 0.178 e. The summed E-state index contributed by atoms with van der Waals surface area (Å²) in [6, 6.07) is 6.65. The van der Waals surface area contributed by atoms with Gasteiger partial charge in [0.1, 0.15) is 5.60 Å². The van der Waals surface area contributed by atoms with Crippen molar-refractivity contribution in [1.29, 1.82) is 0 Å². The minimum atomic E-state index is -3.17. The Hall–Kier alpha value is -1.11. The highest BCUT2D eigenvalue weighted by Gasteiger charge is 2.31. The van der Waals surface area contributed by atoms with E-state index in [4.69, 9.17) is 4.74 Å². The maximum atomic E-state index is 11.9. The standard InChI is InChI=1S/C14H21NO4S/c1-2-9-20(17,18)13-5-3-12(4-6-13)15-10-14(16)7-8-19-11-14/h3-6,15-16H,2,7-11H2,1H3. The zero-order valence-electron chi connectivity index (χ0n) is 11.6. The Balaban J connectivity index is 1.98. The Morgan fingerprint density at radius 3 is 2.60 bits per heavy atom. The van der Waals surface area contributed by atoms with E-state index in [-0.39, 0.29) is 5.75 Å². The molecule has 0 spiro atoms. The van der Waals surface area contributed by atoms with Crippen molar-refractivity contribution in [2.75, 3.05) is 30.8 Å². The smallest absolute Gasteiger partial charge is 0.178 e. The van der Waals surface area contributed by atoms with Gasteiger partial charge in [-0.3, -0.25) is 0 Å². The fourth-order valence-corrected chi connectivity index (χ4v) is 3.49. The van der Waals surface area contributed by atoms with Gasteiger partial charge in [-0.05, 0) is 30.7 Å². The SMILES string of the molecule is CCCS(=O)(=O)c1ccc(NCC2(O)CCOC2)cc1. The Labute approximate surface area is 119 Å². The Morgan fingerprint density at radius 2 is 2.05 bits per heavy atom. The summed E-state index contributed by atoms with van der Waals surface area (Å²) in [5.74, 6) is 0.164. The number of aliphatic hydroxyl groups is 1. The predicted molar refractivity (Wildman–Crippen MR) is 77.7 cm³/mol. The first-order valence-electron chi connectivity index (χ1n) is 6.82. The first-order chi connectivity index (χ1) is 9.45. The maximum absolute atomic E-state index is 11.9. The van der Waals surface area contributed by atoms with Gasteiger partial charge in [0.25, 0.3) is 0 Å². The quantitative estimate of drug-likeness (QED) is 0.831. The molecule has 1 saturated heterocycles. The molecule has 1 aliphatic heterocycles. The Morgan fingerprint density at radius 1 is 1.35 bits per heavy atom. The number of rotatable bonds is 6. The normalized spacial score (nSPS) is 22.9. The van der Waals surface area contributed by atoms with E-state index in [1.54, 1.807) is 24.3 Å². The van der Waals surface area contributed by atoms with Crippen LogP contribution in [0.2, 0.25) is 0 Å². The van der Waals surface area contributed by atoms with Gasteiger partial charge >= 0.3 is 0 Å². The summed E-state index contributed by atoms with van der Waals surface area (Å²) in [5.41, 5.74) is -0.0340. The molecule has 0 aliphatic carbocycles. The van der Waals surface area contributed by atoms with Crippen LogP contribution in [0.1, 0.15) is 19.8 Å². The van der Waals surface area contributed by atoms with Crippen LogP contribution >= 0.6 is 0 Å². The fraction of sp³-hybridized carbons (Fsp3) is 0.571. The molecule has 0 radical (unpaired) electrons. The summed E-state index contributed by atoms with van der Waals surface area (Å²) >= 11 is 0. The first kappa shape index (κ1) is 15.3. The zero-order chi connectivity index (χ0) is 14.6. The third kappa shape index (κ3) is 3.71. The molecular weight excluding hydrogens is 278 g/mol. The van der Waals surface area contributed by atoms with Crippen molar-refractivity contribution in [1.82, 2.24) is 0 Å². The van der Waals surface area contributed by atoms with Gasteiger partial charge in [-0.15, -0.1) is 0 Å². The minimum absolute atomic E-state index is 0.164. The van der Waals surface area contributed by atoms with E-state index in [9.17, 15) is 13.5 Å². The third-order valence-electron chi connectivity index (χ3n) is 3.39. The van der Waals surface area contributed by atoms with Crippen LogP contribution in [0.3, 0.4) is 0 Å². The van der Waals surface area contributed by atoms with Gasteiger partial charge in [0, 0.05) is 25.3 Å². The Kier molecular flexibility index (Phi) is 4.67. The molecular formula is C14H21NO4S. The molecule has 0 aromatic heterocycles. The topological polar surface area (TPSA) is 75.6 Å². The lowest BCUT2D eigenvalue weighted by Crippen LogP contribution is -2.37. The predicted octanol–water partition coefficient (Wildman–Crippen LogP) is 1.43. The molecule has 0 bridgehead atoms. The van der Waals surface area contributed by atoms with Crippen LogP contribution < -0.4 is 5.32 Å². The molecule has 1 fully saturated rings. The van der Waals surface area contributed by atoms with Gasteiger partial charge in [-0.25, -0.2) is 8.42 Å². The van der Waals surface area contributed by atoms with Crippen molar-refractivity contribution in [2.45, 2.75) is 30.3 Å². The van der Waals surface area contributed by atoms with Crippen LogP contribution in [0.25, 0.3) is 0 Å². The molecule has 6 heteroatoms. The highest BCUT2D eigenvalue weighted by molar-refractivity contribution is 7.91. The van der Waals surface area contributed by atoms with Gasteiger partial charge < -0.3 is 15.2 Å². The van der Waals surface area contributed by atoms with Crippen LogP contribution in [-0.4, -0.2) is 44.6 Å². The third-order valence-corrected chi connectivity index (χ3v) is 5.33. The van der Waals surface area contributed by atoms with Crippen molar-refractivity contribution in [3.8, 4) is 0 Å². The number of nitrogens with one attached hydrogen (secondary N) is 1. The molecule has 5 nitrogen and oxygen atoms in total. The molecule has 112 valence electrons. The van der Waals surface area contributed by atoms with E-state index in [2.05, 4.69) is 5.32 Å². The summed E-state index contributed by atoms with van der Waals surface area (Å²) < 4.78 is 28.9. The second-order valence-electron chi connectivity index (χ2n) is 5.22. The van der Waals surface area contributed by atoms with E-state index < -0.39 is 15.4 Å². The number of ether oxygens (including phenoxy) is 1. The largest absolute Gasteiger partial charge is 0.386 e.